The molecule has 0 aliphatic heterocycles. The molecule has 0 bridgehead atoms. The third-order valence-electron chi connectivity index (χ3n) is 2.25. The fourth-order valence-corrected chi connectivity index (χ4v) is 1.48. The van der Waals surface area contributed by atoms with Crippen molar-refractivity contribution in [1.82, 2.24) is 0 Å². The molecule has 1 aromatic carbocycles. The van der Waals surface area contributed by atoms with Crippen molar-refractivity contribution < 1.29 is 31.5 Å². The van der Waals surface area contributed by atoms with Crippen molar-refractivity contribution in [1.29, 1.82) is 0 Å². The van der Waals surface area contributed by atoms with Gasteiger partial charge in [-0.15, -0.1) is 0 Å². The van der Waals surface area contributed by atoms with Gasteiger partial charge in [-0.05, 0) is 24.3 Å². The molecular weight excluding hydrogens is 268 g/mol. The Hall–Kier alpha value is -1.89. The number of carbonyl (C=O) groups is 1. The molecule has 0 radical (unpaired) electrons. The van der Waals surface area contributed by atoms with Crippen LogP contribution in [0.4, 0.5) is 17.6 Å². The molecule has 0 amide bonds. The Kier molecular flexibility index (Phi) is 3.57. The zero-order valence-electron chi connectivity index (χ0n) is 9.46. The minimum Gasteiger partial charge on any atom is -0.453 e. The van der Waals surface area contributed by atoms with Gasteiger partial charge in [-0.3, -0.25) is 4.79 Å². The smallest absolute Gasteiger partial charge is 0.411 e. The number of benzene rings is 1. The van der Waals surface area contributed by atoms with E-state index in [4.69, 9.17) is 4.42 Å². The van der Waals surface area contributed by atoms with Gasteiger partial charge in [0.05, 0.1) is 0 Å². The number of rotatable bonds is 4. The van der Waals surface area contributed by atoms with Gasteiger partial charge in [-0.2, -0.15) is 13.2 Å². The number of furan rings is 1. The van der Waals surface area contributed by atoms with Gasteiger partial charge in [-0.25, -0.2) is 4.39 Å². The van der Waals surface area contributed by atoms with E-state index in [1.54, 1.807) is 0 Å². The molecule has 7 heteroatoms. The molecule has 0 aliphatic rings. The Morgan fingerprint density at radius 3 is 2.68 bits per heavy atom. The maximum absolute atomic E-state index is 12.9. The van der Waals surface area contributed by atoms with Crippen molar-refractivity contribution in [3.63, 3.8) is 0 Å². The molecule has 0 atom stereocenters. The Morgan fingerprint density at radius 2 is 2.00 bits per heavy atom. The van der Waals surface area contributed by atoms with E-state index in [0.29, 0.717) is 5.39 Å². The lowest BCUT2D eigenvalue weighted by atomic mass is 10.2. The summed E-state index contributed by atoms with van der Waals surface area (Å²) >= 11 is 0. The first-order valence-corrected chi connectivity index (χ1v) is 5.22. The number of hydrogen-bond acceptors (Lipinski definition) is 3. The second-order valence-electron chi connectivity index (χ2n) is 3.82. The predicted molar refractivity (Wildman–Crippen MR) is 57.4 cm³/mol. The van der Waals surface area contributed by atoms with Crippen molar-refractivity contribution in [3.8, 4) is 0 Å². The van der Waals surface area contributed by atoms with E-state index >= 15 is 0 Å². The van der Waals surface area contributed by atoms with Gasteiger partial charge >= 0.3 is 6.18 Å². The summed E-state index contributed by atoms with van der Waals surface area (Å²) < 4.78 is 57.7. The largest absolute Gasteiger partial charge is 0.453 e. The van der Waals surface area contributed by atoms with Crippen LogP contribution >= 0.6 is 0 Å². The zero-order chi connectivity index (χ0) is 14.0. The average molecular weight is 276 g/mol. The Labute approximate surface area is 104 Å². The molecule has 102 valence electrons. The molecule has 1 aromatic heterocycles. The molecule has 0 spiro atoms. The van der Waals surface area contributed by atoms with Gasteiger partial charge in [0.2, 0.25) is 5.78 Å². The Bertz CT molecular complexity index is 601. The lowest BCUT2D eigenvalue weighted by molar-refractivity contribution is -0.171. The van der Waals surface area contributed by atoms with Crippen molar-refractivity contribution in [2.24, 2.45) is 0 Å². The van der Waals surface area contributed by atoms with Crippen LogP contribution < -0.4 is 0 Å². The summed E-state index contributed by atoms with van der Waals surface area (Å²) in [5.74, 6) is -1.40. The number of carbonyl (C=O) groups excluding carboxylic acids is 1. The first-order chi connectivity index (χ1) is 8.85. The van der Waals surface area contributed by atoms with E-state index in [-0.39, 0.29) is 11.3 Å². The monoisotopic (exact) mass is 276 g/mol. The topological polar surface area (TPSA) is 39.4 Å². The van der Waals surface area contributed by atoms with Crippen LogP contribution in [-0.2, 0) is 4.74 Å². The highest BCUT2D eigenvalue weighted by Gasteiger charge is 2.28. The lowest BCUT2D eigenvalue weighted by Crippen LogP contribution is -2.20. The Morgan fingerprint density at radius 1 is 1.26 bits per heavy atom. The number of Topliss-reactive ketones (excluding diaryl/α,β-unsaturated/α-hetero) is 1. The van der Waals surface area contributed by atoms with Gasteiger partial charge < -0.3 is 9.15 Å². The van der Waals surface area contributed by atoms with E-state index in [0.717, 1.165) is 12.1 Å². The maximum Gasteiger partial charge on any atom is 0.411 e. The molecule has 0 saturated heterocycles. The molecule has 2 rings (SSSR count). The predicted octanol–water partition coefficient (Wildman–Crippen LogP) is 3.33. The molecule has 19 heavy (non-hydrogen) atoms. The first-order valence-electron chi connectivity index (χ1n) is 5.22. The lowest BCUT2D eigenvalue weighted by Gasteiger charge is -2.05. The number of hydrogen-bond donors (Lipinski definition) is 0. The highest BCUT2D eigenvalue weighted by atomic mass is 19.4. The fourth-order valence-electron chi connectivity index (χ4n) is 1.48. The third kappa shape index (κ3) is 3.54. The maximum atomic E-state index is 12.9. The van der Waals surface area contributed by atoms with E-state index in [9.17, 15) is 22.4 Å². The van der Waals surface area contributed by atoms with Crippen LogP contribution in [0.15, 0.2) is 28.7 Å². The van der Waals surface area contributed by atoms with Crippen molar-refractivity contribution >= 4 is 16.8 Å². The van der Waals surface area contributed by atoms with Gasteiger partial charge in [0.25, 0.3) is 0 Å². The summed E-state index contributed by atoms with van der Waals surface area (Å²) in [6.45, 7) is -2.25. The minimum atomic E-state index is -4.49. The number of alkyl halides is 3. The Balaban J connectivity index is 2.05. The quantitative estimate of drug-likeness (QED) is 0.635. The fraction of sp³-hybridized carbons (Fsp3) is 0.250. The number of ketones is 1. The van der Waals surface area contributed by atoms with Crippen molar-refractivity contribution in [2.45, 2.75) is 6.18 Å². The van der Waals surface area contributed by atoms with Crippen LogP contribution in [0.2, 0.25) is 0 Å². The van der Waals surface area contributed by atoms with Gasteiger partial charge in [0.1, 0.15) is 24.6 Å². The summed E-state index contributed by atoms with van der Waals surface area (Å²) in [7, 11) is 0. The van der Waals surface area contributed by atoms with Crippen LogP contribution in [0.1, 0.15) is 10.6 Å². The number of fused-ring (bicyclic) bond motifs is 1. The van der Waals surface area contributed by atoms with Crippen molar-refractivity contribution in [2.75, 3.05) is 13.2 Å². The van der Waals surface area contributed by atoms with Gasteiger partial charge in [0, 0.05) is 5.39 Å². The molecular formula is C12H8F4O3. The summed E-state index contributed by atoms with van der Waals surface area (Å²) in [5, 5.41) is 0.360. The minimum absolute atomic E-state index is 0.164. The van der Waals surface area contributed by atoms with Crippen LogP contribution in [0.25, 0.3) is 11.0 Å². The van der Waals surface area contributed by atoms with Crippen LogP contribution in [0.5, 0.6) is 0 Å². The molecule has 1 heterocycles. The molecule has 0 N–H and O–H groups in total. The van der Waals surface area contributed by atoms with Crippen LogP contribution in [-0.4, -0.2) is 25.2 Å². The molecule has 0 saturated carbocycles. The summed E-state index contributed by atoms with van der Waals surface area (Å²) in [6, 6.07) is 4.90. The van der Waals surface area contributed by atoms with E-state index in [1.807, 2.05) is 0 Å². The first kappa shape index (κ1) is 13.5. The SMILES string of the molecule is O=C(COCC(F)(F)F)c1cc2cc(F)ccc2o1. The second-order valence-corrected chi connectivity index (χ2v) is 3.82. The zero-order valence-corrected chi connectivity index (χ0v) is 9.46. The van der Waals surface area contributed by atoms with E-state index < -0.39 is 31.0 Å². The second kappa shape index (κ2) is 5.00. The van der Waals surface area contributed by atoms with Gasteiger partial charge in [-0.1, -0.05) is 0 Å². The molecule has 3 nitrogen and oxygen atoms in total. The standard InChI is InChI=1S/C12H8F4O3/c13-8-1-2-10-7(3-8)4-11(19-10)9(17)5-18-6-12(14,15)16/h1-4H,5-6H2. The molecule has 0 unspecified atom stereocenters. The van der Waals surface area contributed by atoms with E-state index in [1.165, 1.54) is 12.1 Å². The summed E-state index contributed by atoms with van der Waals surface area (Å²) in [5.41, 5.74) is 0.278. The molecule has 0 fully saturated rings. The van der Waals surface area contributed by atoms with Crippen LogP contribution in [0, 0.1) is 5.82 Å². The van der Waals surface area contributed by atoms with Gasteiger partial charge in [0.15, 0.2) is 5.76 Å². The summed E-state index contributed by atoms with van der Waals surface area (Å²) in [6.07, 6.45) is -4.49. The highest BCUT2D eigenvalue weighted by Crippen LogP contribution is 2.21. The van der Waals surface area contributed by atoms with E-state index in [2.05, 4.69) is 4.74 Å². The third-order valence-corrected chi connectivity index (χ3v) is 2.25. The molecule has 2 aromatic rings. The average Bonchev–Trinajstić information content (AvgIpc) is 2.70. The highest BCUT2D eigenvalue weighted by molar-refractivity contribution is 5.98. The number of halogens is 4. The normalized spacial score (nSPS) is 12.0. The molecule has 0 aliphatic carbocycles. The summed E-state index contributed by atoms with van der Waals surface area (Å²) in [4.78, 5) is 11.5. The van der Waals surface area contributed by atoms with Crippen LogP contribution in [0.3, 0.4) is 0 Å². The van der Waals surface area contributed by atoms with Crippen molar-refractivity contribution in [3.05, 3.63) is 35.8 Å². The number of ether oxygens (including phenoxy) is 1.